The second-order valence-corrected chi connectivity index (χ2v) is 3.82. The van der Waals surface area contributed by atoms with Crippen LogP contribution in [0.1, 0.15) is 37.4 Å². The van der Waals surface area contributed by atoms with Crippen LogP contribution >= 0.6 is 0 Å². The minimum Gasteiger partial charge on any atom is -0.348 e. The highest BCUT2D eigenvalue weighted by Crippen LogP contribution is 2.19. The summed E-state index contributed by atoms with van der Waals surface area (Å²) in [7, 11) is 0. The Morgan fingerprint density at radius 3 is 2.80 bits per heavy atom. The summed E-state index contributed by atoms with van der Waals surface area (Å²) in [6, 6.07) is 0.341. The number of amides is 1. The van der Waals surface area contributed by atoms with Gasteiger partial charge in [0.05, 0.1) is 18.1 Å². The summed E-state index contributed by atoms with van der Waals surface area (Å²) < 4.78 is 0. The lowest BCUT2D eigenvalue weighted by Crippen LogP contribution is -2.26. The molecular formula is C11H15N3O. The molecule has 1 heterocycles. The zero-order valence-electron chi connectivity index (χ0n) is 8.66. The van der Waals surface area contributed by atoms with Gasteiger partial charge >= 0.3 is 0 Å². The van der Waals surface area contributed by atoms with Gasteiger partial charge in [0.2, 0.25) is 0 Å². The summed E-state index contributed by atoms with van der Waals surface area (Å²) in [6.07, 6.45) is 5.22. The van der Waals surface area contributed by atoms with Crippen LogP contribution in [0.25, 0.3) is 5.57 Å². The van der Waals surface area contributed by atoms with E-state index in [0.717, 1.165) is 18.4 Å². The number of aromatic nitrogens is 2. The molecule has 0 aliphatic heterocycles. The lowest BCUT2D eigenvalue weighted by molar-refractivity contribution is 0.0945. The van der Waals surface area contributed by atoms with Gasteiger partial charge in [-0.3, -0.25) is 9.78 Å². The minimum atomic E-state index is -0.145. The molecule has 0 atom stereocenters. The summed E-state index contributed by atoms with van der Waals surface area (Å²) >= 11 is 0. The Morgan fingerprint density at radius 2 is 2.20 bits per heavy atom. The van der Waals surface area contributed by atoms with Gasteiger partial charge < -0.3 is 5.32 Å². The number of allylic oxidation sites excluding steroid dienone is 1. The van der Waals surface area contributed by atoms with Crippen LogP contribution in [0, 0.1) is 0 Å². The summed E-state index contributed by atoms with van der Waals surface area (Å²) in [5.41, 5.74) is 1.84. The number of hydrogen-bond donors (Lipinski definition) is 1. The van der Waals surface area contributed by atoms with Crippen molar-refractivity contribution in [3.05, 3.63) is 30.4 Å². The summed E-state index contributed by atoms with van der Waals surface area (Å²) in [4.78, 5) is 19.8. The molecule has 0 bridgehead atoms. The van der Waals surface area contributed by atoms with Crippen LogP contribution in [-0.4, -0.2) is 21.9 Å². The standard InChI is InChI=1S/C11H13N3O.H2/c1-7(2)9-5-12-6-10(14-9)11(15)13-8-3-4-8;/h5-6,8H,1,3-4H2,2H3,(H,13,15);1H. The Kier molecular flexibility index (Phi) is 2.49. The average Bonchev–Trinajstić information content (AvgIpc) is 3.02. The molecule has 0 aromatic carbocycles. The van der Waals surface area contributed by atoms with Gasteiger partial charge in [0, 0.05) is 7.47 Å². The lowest BCUT2D eigenvalue weighted by Gasteiger charge is -2.03. The normalized spacial score (nSPS) is 14.7. The molecule has 80 valence electrons. The van der Waals surface area contributed by atoms with E-state index in [2.05, 4.69) is 21.9 Å². The van der Waals surface area contributed by atoms with E-state index in [9.17, 15) is 4.79 Å². The molecule has 4 heteroatoms. The lowest BCUT2D eigenvalue weighted by atomic mass is 10.2. The van der Waals surface area contributed by atoms with Crippen molar-refractivity contribution in [3.8, 4) is 0 Å². The first-order valence-electron chi connectivity index (χ1n) is 4.95. The van der Waals surface area contributed by atoms with E-state index >= 15 is 0 Å². The molecule has 1 saturated carbocycles. The van der Waals surface area contributed by atoms with E-state index < -0.39 is 0 Å². The smallest absolute Gasteiger partial charge is 0.271 e. The Morgan fingerprint density at radius 1 is 1.53 bits per heavy atom. The quantitative estimate of drug-likeness (QED) is 0.816. The second kappa shape index (κ2) is 3.81. The van der Waals surface area contributed by atoms with E-state index in [0.29, 0.717) is 17.4 Å². The molecule has 1 N–H and O–H groups in total. The van der Waals surface area contributed by atoms with Crippen molar-refractivity contribution in [2.45, 2.75) is 25.8 Å². The van der Waals surface area contributed by atoms with Gasteiger partial charge in [-0.2, -0.15) is 0 Å². The largest absolute Gasteiger partial charge is 0.348 e. The molecule has 1 fully saturated rings. The van der Waals surface area contributed by atoms with E-state index in [4.69, 9.17) is 0 Å². The Hall–Kier alpha value is -1.71. The number of carbonyl (C=O) groups is 1. The zero-order valence-corrected chi connectivity index (χ0v) is 8.66. The molecule has 0 saturated heterocycles. The highest BCUT2D eigenvalue weighted by molar-refractivity contribution is 5.92. The van der Waals surface area contributed by atoms with E-state index in [-0.39, 0.29) is 7.33 Å². The van der Waals surface area contributed by atoms with Crippen LogP contribution in [-0.2, 0) is 0 Å². The molecule has 0 unspecified atom stereocenters. The van der Waals surface area contributed by atoms with Crippen molar-refractivity contribution >= 4 is 11.5 Å². The molecule has 4 nitrogen and oxygen atoms in total. The molecule has 2 rings (SSSR count). The van der Waals surface area contributed by atoms with Crippen molar-refractivity contribution in [2.24, 2.45) is 0 Å². The Labute approximate surface area is 89.9 Å². The molecule has 0 radical (unpaired) electrons. The highest BCUT2D eigenvalue weighted by Gasteiger charge is 2.24. The van der Waals surface area contributed by atoms with E-state index in [1.165, 1.54) is 6.20 Å². The third kappa shape index (κ3) is 2.40. The van der Waals surface area contributed by atoms with Gasteiger partial charge in [-0.05, 0) is 25.3 Å². The highest BCUT2D eigenvalue weighted by atomic mass is 16.2. The van der Waals surface area contributed by atoms with Gasteiger partial charge in [-0.25, -0.2) is 4.98 Å². The predicted octanol–water partition coefficient (Wildman–Crippen LogP) is 1.65. The average molecular weight is 205 g/mol. The first kappa shape index (κ1) is 9.83. The monoisotopic (exact) mass is 205 g/mol. The first-order valence-corrected chi connectivity index (χ1v) is 4.95. The topological polar surface area (TPSA) is 54.9 Å². The van der Waals surface area contributed by atoms with Crippen LogP contribution in [0.3, 0.4) is 0 Å². The fraction of sp³-hybridized carbons (Fsp3) is 0.364. The summed E-state index contributed by atoms with van der Waals surface area (Å²) in [5.74, 6) is -0.145. The molecule has 1 aromatic rings. The zero-order chi connectivity index (χ0) is 10.8. The molecule has 1 aliphatic carbocycles. The molecule has 0 spiro atoms. The van der Waals surface area contributed by atoms with Crippen LogP contribution in [0.15, 0.2) is 19.0 Å². The van der Waals surface area contributed by atoms with Gasteiger partial charge in [-0.1, -0.05) is 6.58 Å². The summed E-state index contributed by atoms with van der Waals surface area (Å²) in [6.45, 7) is 5.60. The maximum Gasteiger partial charge on any atom is 0.271 e. The maximum absolute atomic E-state index is 11.6. The van der Waals surface area contributed by atoms with Crippen molar-refractivity contribution in [3.63, 3.8) is 0 Å². The summed E-state index contributed by atoms with van der Waals surface area (Å²) in [5, 5.41) is 2.87. The van der Waals surface area contributed by atoms with Crippen LogP contribution in [0.4, 0.5) is 0 Å². The maximum atomic E-state index is 11.6. The van der Waals surface area contributed by atoms with Crippen molar-refractivity contribution in [1.82, 2.24) is 15.3 Å². The molecule has 15 heavy (non-hydrogen) atoms. The SMILES string of the molecule is C=C(C)c1cncc(C(=O)NC2CC2)n1.[HH]. The number of carbonyl (C=O) groups excluding carboxylic acids is 1. The number of rotatable bonds is 3. The van der Waals surface area contributed by atoms with Crippen LogP contribution in [0.5, 0.6) is 0 Å². The molecular weight excluding hydrogens is 190 g/mol. The number of nitrogens with zero attached hydrogens (tertiary/aromatic N) is 2. The van der Waals surface area contributed by atoms with Gasteiger partial charge in [0.15, 0.2) is 0 Å². The van der Waals surface area contributed by atoms with Crippen LogP contribution in [0.2, 0.25) is 0 Å². The fourth-order valence-electron chi connectivity index (χ4n) is 1.17. The van der Waals surface area contributed by atoms with Crippen molar-refractivity contribution < 1.29 is 6.22 Å². The molecule has 1 amide bonds. The Balaban J connectivity index is 0.00000128. The third-order valence-electron chi connectivity index (χ3n) is 2.22. The Bertz CT molecular complexity index is 415. The van der Waals surface area contributed by atoms with E-state index in [1.54, 1.807) is 6.20 Å². The fourth-order valence-corrected chi connectivity index (χ4v) is 1.17. The van der Waals surface area contributed by atoms with Gasteiger partial charge in [0.25, 0.3) is 5.91 Å². The van der Waals surface area contributed by atoms with Gasteiger partial charge in [0.1, 0.15) is 5.69 Å². The predicted molar refractivity (Wildman–Crippen MR) is 59.3 cm³/mol. The minimum absolute atomic E-state index is 0. The van der Waals surface area contributed by atoms with E-state index in [1.807, 2.05) is 6.92 Å². The van der Waals surface area contributed by atoms with Crippen LogP contribution < -0.4 is 5.32 Å². The number of nitrogens with one attached hydrogen (secondary N) is 1. The molecule has 1 aliphatic rings. The molecule has 1 aromatic heterocycles. The van der Waals surface area contributed by atoms with Gasteiger partial charge in [-0.15, -0.1) is 0 Å². The van der Waals surface area contributed by atoms with Crippen molar-refractivity contribution in [2.75, 3.05) is 0 Å². The second-order valence-electron chi connectivity index (χ2n) is 3.82. The first-order chi connectivity index (χ1) is 7.16. The third-order valence-corrected chi connectivity index (χ3v) is 2.22. The number of hydrogen-bond acceptors (Lipinski definition) is 3. The van der Waals surface area contributed by atoms with Crippen molar-refractivity contribution in [1.29, 1.82) is 0 Å².